The number of aliphatic hydroxyl groups excluding tert-OH is 2. The number of nitrogens with two attached hydrogens (primary N) is 1. The summed E-state index contributed by atoms with van der Waals surface area (Å²) in [7, 11) is 0. The number of aromatic nitrogens is 2. The number of benzene rings is 4. The Bertz CT molecular complexity index is 2150. The molecule has 5 aromatic rings. The van der Waals surface area contributed by atoms with E-state index in [0.717, 1.165) is 39.1 Å². The van der Waals surface area contributed by atoms with Crippen LogP contribution in [0.5, 0.6) is 0 Å². The number of nitrogens with zero attached hydrogens (tertiary/aromatic N) is 1. The molecule has 0 aliphatic heterocycles. The van der Waals surface area contributed by atoms with Gasteiger partial charge in [0.2, 0.25) is 23.6 Å². The van der Waals surface area contributed by atoms with Gasteiger partial charge in [-0.25, -0.2) is 4.98 Å². The smallest absolute Gasteiger partial charge is 0.243 e. The molecule has 4 aromatic carbocycles. The molecule has 4 amide bonds. The Morgan fingerprint density at radius 2 is 1.28 bits per heavy atom. The minimum atomic E-state index is -1.29. The average molecular weight is 935 g/mol. The van der Waals surface area contributed by atoms with Crippen molar-refractivity contribution < 1.29 is 29.4 Å². The first kappa shape index (κ1) is 54.3. The van der Waals surface area contributed by atoms with Gasteiger partial charge >= 0.3 is 0 Å². The molecular formula is C50H69Cl2N7O6. The van der Waals surface area contributed by atoms with Crippen LogP contribution in [0.1, 0.15) is 83.0 Å². The predicted octanol–water partition coefficient (Wildman–Crippen LogP) is 6.11. The summed E-state index contributed by atoms with van der Waals surface area (Å²) < 4.78 is 0. The first-order chi connectivity index (χ1) is 30.3. The van der Waals surface area contributed by atoms with Crippen molar-refractivity contribution in [3.8, 4) is 0 Å². The second-order valence-corrected chi connectivity index (χ2v) is 17.7. The molecule has 5 rings (SSSR count). The largest absolute Gasteiger partial charge is 0.395 e. The number of carbonyl (C=O) groups excluding carboxylic acids is 4. The first-order valence-electron chi connectivity index (χ1n) is 22.4. The molecule has 354 valence electrons. The molecule has 9 N–H and O–H groups in total. The zero-order chi connectivity index (χ0) is 45.3. The molecule has 0 saturated heterocycles. The maximum atomic E-state index is 14.7. The molecule has 0 spiro atoms. The van der Waals surface area contributed by atoms with E-state index in [1.807, 2.05) is 76.2 Å². The van der Waals surface area contributed by atoms with Gasteiger partial charge in [-0.15, -0.1) is 24.8 Å². The Morgan fingerprint density at radius 3 is 1.83 bits per heavy atom. The molecule has 1 heterocycles. The van der Waals surface area contributed by atoms with E-state index in [1.165, 1.54) is 6.33 Å². The number of hydrogen-bond donors (Lipinski definition) is 8. The Balaban J connectivity index is 0.00000561. The summed E-state index contributed by atoms with van der Waals surface area (Å²) in [5, 5.41) is 36.8. The summed E-state index contributed by atoms with van der Waals surface area (Å²) in [4.78, 5) is 63.0. The Morgan fingerprint density at radius 1 is 0.692 bits per heavy atom. The number of halogens is 2. The number of nitrogens with one attached hydrogen (secondary N) is 5. The number of aromatic amines is 1. The van der Waals surface area contributed by atoms with Crippen LogP contribution in [0.15, 0.2) is 97.5 Å². The van der Waals surface area contributed by atoms with Crippen molar-refractivity contribution in [2.75, 3.05) is 13.2 Å². The number of H-pyrrole nitrogens is 1. The summed E-state index contributed by atoms with van der Waals surface area (Å²) in [6, 6.07) is 25.4. The van der Waals surface area contributed by atoms with Gasteiger partial charge in [-0.3, -0.25) is 19.2 Å². The van der Waals surface area contributed by atoms with Crippen LogP contribution in [-0.4, -0.2) is 87.2 Å². The van der Waals surface area contributed by atoms with Crippen LogP contribution in [0.3, 0.4) is 0 Å². The van der Waals surface area contributed by atoms with Gasteiger partial charge in [0.25, 0.3) is 0 Å². The van der Waals surface area contributed by atoms with Crippen molar-refractivity contribution in [3.05, 3.63) is 114 Å². The second kappa shape index (κ2) is 27.4. The van der Waals surface area contributed by atoms with Gasteiger partial charge in [-0.1, -0.05) is 119 Å². The van der Waals surface area contributed by atoms with Gasteiger partial charge < -0.3 is 42.2 Å². The third-order valence-electron chi connectivity index (χ3n) is 11.5. The van der Waals surface area contributed by atoms with E-state index in [0.29, 0.717) is 50.8 Å². The Hall–Kier alpha value is -5.05. The van der Waals surface area contributed by atoms with Crippen LogP contribution in [0.4, 0.5) is 0 Å². The van der Waals surface area contributed by atoms with Crippen LogP contribution in [0.2, 0.25) is 0 Å². The lowest BCUT2D eigenvalue weighted by Crippen LogP contribution is -2.55. The normalized spacial score (nSPS) is 13.6. The van der Waals surface area contributed by atoms with E-state index < -0.39 is 42.0 Å². The fourth-order valence-corrected chi connectivity index (χ4v) is 8.19. The van der Waals surface area contributed by atoms with E-state index in [2.05, 4.69) is 67.6 Å². The van der Waals surface area contributed by atoms with Crippen molar-refractivity contribution in [3.63, 3.8) is 0 Å². The molecule has 0 aliphatic carbocycles. The average Bonchev–Trinajstić information content (AvgIpc) is 3.78. The topological polar surface area (TPSA) is 212 Å². The molecular weight excluding hydrogens is 865 g/mol. The minimum Gasteiger partial charge on any atom is -0.395 e. The SMILES string of the molecule is CC(C)C[C@H](NC(=O)C[C@H](O)[C@H](CC(C)C)NC(=O)[C@H](Cc1cnc[nH]1)NC(=O)C(Cc1cccc2ccccc12)Cc1cccc2ccccc12)C(=O)NCCCCC(N)CO.Cl.Cl. The zero-order valence-corrected chi connectivity index (χ0v) is 39.6. The fourth-order valence-electron chi connectivity index (χ4n) is 8.19. The molecule has 1 aromatic heterocycles. The van der Waals surface area contributed by atoms with Gasteiger partial charge in [-0.05, 0) is 83.0 Å². The number of carbonyl (C=O) groups is 4. The van der Waals surface area contributed by atoms with Gasteiger partial charge in [0.05, 0.1) is 31.5 Å². The molecule has 0 fully saturated rings. The van der Waals surface area contributed by atoms with Crippen molar-refractivity contribution in [1.82, 2.24) is 31.2 Å². The minimum absolute atomic E-state index is 0. The molecule has 0 saturated carbocycles. The molecule has 1 unspecified atom stereocenters. The summed E-state index contributed by atoms with van der Waals surface area (Å²) >= 11 is 0. The van der Waals surface area contributed by atoms with Crippen LogP contribution in [0, 0.1) is 17.8 Å². The fraction of sp³-hybridized carbons (Fsp3) is 0.460. The van der Waals surface area contributed by atoms with Gasteiger partial charge in [0, 0.05) is 36.8 Å². The summed E-state index contributed by atoms with van der Waals surface area (Å²) in [6.45, 7) is 8.14. The highest BCUT2D eigenvalue weighted by Crippen LogP contribution is 2.27. The number of fused-ring (bicyclic) bond motifs is 2. The predicted molar refractivity (Wildman–Crippen MR) is 263 cm³/mol. The third-order valence-corrected chi connectivity index (χ3v) is 11.5. The third kappa shape index (κ3) is 17.0. The van der Waals surface area contributed by atoms with Crippen molar-refractivity contribution in [1.29, 1.82) is 0 Å². The number of imidazole rings is 1. The molecule has 13 nitrogen and oxygen atoms in total. The number of unbranched alkanes of at least 4 members (excludes halogenated alkanes) is 1. The molecule has 0 radical (unpaired) electrons. The van der Waals surface area contributed by atoms with Crippen molar-refractivity contribution in [2.24, 2.45) is 23.5 Å². The monoisotopic (exact) mass is 933 g/mol. The number of hydrogen-bond acceptors (Lipinski definition) is 8. The van der Waals surface area contributed by atoms with E-state index in [-0.39, 0.29) is 74.0 Å². The maximum absolute atomic E-state index is 14.7. The number of rotatable bonds is 25. The first-order valence-corrected chi connectivity index (χ1v) is 22.4. The second-order valence-electron chi connectivity index (χ2n) is 17.7. The highest BCUT2D eigenvalue weighted by atomic mass is 35.5. The van der Waals surface area contributed by atoms with Crippen LogP contribution in [-0.2, 0) is 38.4 Å². The Labute approximate surface area is 395 Å². The lowest BCUT2D eigenvalue weighted by Gasteiger charge is -2.29. The van der Waals surface area contributed by atoms with Crippen LogP contribution in [0.25, 0.3) is 21.5 Å². The lowest BCUT2D eigenvalue weighted by atomic mass is 9.87. The van der Waals surface area contributed by atoms with E-state index >= 15 is 0 Å². The standard InChI is InChI=1S/C50H67N7O6.2ClH/c1-32(2)23-43(46(59)28-47(60)55-44(24-33(3)4)49(62)53-22-10-9-19-39(51)30-58)56-50(63)45(27-40-29-52-31-54-40)57-48(61)38(25-36-17-11-15-34-13-5-7-20-41(34)36)26-37-18-12-16-35-14-6-8-21-42(35)37;;/h5-8,11-18,20-21,29,31-33,38-39,43-46,58-59H,9-10,19,22-28,30,51H2,1-4H3,(H,52,54)(H,53,62)(H,55,60)(H,56,63)(H,57,61);2*1H/t39?,43-,44-,45-,46-;;/m0../s1. The molecule has 65 heavy (non-hydrogen) atoms. The van der Waals surface area contributed by atoms with E-state index in [1.54, 1.807) is 6.20 Å². The van der Waals surface area contributed by atoms with Gasteiger partial charge in [0.1, 0.15) is 12.1 Å². The van der Waals surface area contributed by atoms with Gasteiger partial charge in [-0.2, -0.15) is 0 Å². The zero-order valence-electron chi connectivity index (χ0n) is 38.0. The quantitative estimate of drug-likeness (QED) is 0.0320. The Kier molecular flexibility index (Phi) is 22.9. The molecule has 5 atom stereocenters. The molecule has 0 bridgehead atoms. The highest BCUT2D eigenvalue weighted by molar-refractivity contribution is 5.92. The summed E-state index contributed by atoms with van der Waals surface area (Å²) in [6.07, 6.45) is 5.24. The van der Waals surface area contributed by atoms with Crippen LogP contribution < -0.4 is 27.0 Å². The van der Waals surface area contributed by atoms with E-state index in [4.69, 9.17) is 10.8 Å². The number of aliphatic hydroxyl groups is 2. The highest BCUT2D eigenvalue weighted by Gasteiger charge is 2.32. The number of amides is 4. The van der Waals surface area contributed by atoms with Crippen molar-refractivity contribution >= 4 is 70.0 Å². The summed E-state index contributed by atoms with van der Waals surface area (Å²) in [5.41, 5.74) is 8.47. The lowest BCUT2D eigenvalue weighted by molar-refractivity contribution is -0.133. The molecule has 15 heteroatoms. The van der Waals surface area contributed by atoms with E-state index in [9.17, 15) is 24.3 Å². The van der Waals surface area contributed by atoms with Gasteiger partial charge in [0.15, 0.2) is 0 Å². The summed E-state index contributed by atoms with van der Waals surface area (Å²) in [5.74, 6) is -2.06. The maximum Gasteiger partial charge on any atom is 0.243 e. The molecule has 0 aliphatic rings. The van der Waals surface area contributed by atoms with Crippen molar-refractivity contribution in [2.45, 2.75) is 116 Å². The van der Waals surface area contributed by atoms with Crippen LogP contribution >= 0.6 is 24.8 Å².